The van der Waals surface area contributed by atoms with Crippen LogP contribution in [0.2, 0.25) is 0 Å². The molecule has 0 saturated heterocycles. The standard InChI is InChI=1S/C22H22N4O2/c1-25-20-10-6-5-9-17(20)11-12-18(22(25)28)24-21(27)19-14-26(15-23-19)13-16-7-3-2-4-8-16/h2-10,14-15,18H,11-13H2,1H3,(H,24,27)/t18-/m0/s1. The normalized spacial score (nSPS) is 16.4. The number of aryl methyl sites for hydroxylation is 1. The molecule has 0 fully saturated rings. The summed E-state index contributed by atoms with van der Waals surface area (Å²) in [6.45, 7) is 0.640. The number of hydrogen-bond donors (Lipinski definition) is 1. The molecule has 6 heteroatoms. The van der Waals surface area contributed by atoms with Gasteiger partial charge >= 0.3 is 0 Å². The summed E-state index contributed by atoms with van der Waals surface area (Å²) in [7, 11) is 1.75. The Hall–Kier alpha value is -3.41. The fourth-order valence-corrected chi connectivity index (χ4v) is 3.55. The molecule has 28 heavy (non-hydrogen) atoms. The number of amides is 2. The van der Waals surface area contributed by atoms with E-state index in [1.165, 1.54) is 0 Å². The van der Waals surface area contributed by atoms with Gasteiger partial charge in [-0.1, -0.05) is 48.5 Å². The van der Waals surface area contributed by atoms with Gasteiger partial charge in [0.15, 0.2) is 0 Å². The van der Waals surface area contributed by atoms with E-state index < -0.39 is 6.04 Å². The van der Waals surface area contributed by atoms with Crippen molar-refractivity contribution in [2.24, 2.45) is 0 Å². The summed E-state index contributed by atoms with van der Waals surface area (Å²) in [5.74, 6) is -0.438. The number of hydrogen-bond acceptors (Lipinski definition) is 3. The Morgan fingerprint density at radius 2 is 1.89 bits per heavy atom. The van der Waals surface area contributed by atoms with Crippen molar-refractivity contribution in [1.82, 2.24) is 14.9 Å². The fourth-order valence-electron chi connectivity index (χ4n) is 3.55. The molecule has 1 aliphatic heterocycles. The number of benzene rings is 2. The minimum atomic E-state index is -0.566. The number of nitrogens with zero attached hydrogens (tertiary/aromatic N) is 3. The Bertz CT molecular complexity index is 997. The summed E-state index contributed by atoms with van der Waals surface area (Å²) in [5.41, 5.74) is 3.46. The third-order valence-corrected chi connectivity index (χ3v) is 5.06. The molecule has 2 aromatic carbocycles. The van der Waals surface area contributed by atoms with Crippen LogP contribution in [0.5, 0.6) is 0 Å². The number of fused-ring (bicyclic) bond motifs is 1. The number of para-hydroxylation sites is 1. The highest BCUT2D eigenvalue weighted by atomic mass is 16.2. The van der Waals surface area contributed by atoms with Gasteiger partial charge in [0, 0.05) is 25.5 Å². The van der Waals surface area contributed by atoms with Crippen LogP contribution < -0.4 is 10.2 Å². The predicted octanol–water partition coefficient (Wildman–Crippen LogP) is 2.64. The van der Waals surface area contributed by atoms with Gasteiger partial charge in [-0.05, 0) is 30.0 Å². The lowest BCUT2D eigenvalue weighted by molar-refractivity contribution is -0.120. The summed E-state index contributed by atoms with van der Waals surface area (Å²) in [4.78, 5) is 31.3. The largest absolute Gasteiger partial charge is 0.339 e. The third kappa shape index (κ3) is 3.67. The van der Waals surface area contributed by atoms with E-state index in [1.54, 1.807) is 24.5 Å². The summed E-state index contributed by atoms with van der Waals surface area (Å²) in [6.07, 6.45) is 4.65. The zero-order chi connectivity index (χ0) is 19.5. The summed E-state index contributed by atoms with van der Waals surface area (Å²) < 4.78 is 1.86. The number of nitrogens with one attached hydrogen (secondary N) is 1. The number of imidazole rings is 1. The molecule has 2 heterocycles. The molecular weight excluding hydrogens is 352 g/mol. The number of carbonyl (C=O) groups is 2. The average molecular weight is 374 g/mol. The molecule has 0 spiro atoms. The van der Waals surface area contributed by atoms with E-state index in [1.807, 2.05) is 59.2 Å². The van der Waals surface area contributed by atoms with Gasteiger partial charge in [0.25, 0.3) is 5.91 Å². The topological polar surface area (TPSA) is 67.2 Å². The van der Waals surface area contributed by atoms with Gasteiger partial charge in [0.1, 0.15) is 11.7 Å². The second-order valence-electron chi connectivity index (χ2n) is 7.01. The molecule has 1 aliphatic rings. The maximum absolute atomic E-state index is 12.8. The molecule has 6 nitrogen and oxygen atoms in total. The zero-order valence-electron chi connectivity index (χ0n) is 15.7. The van der Waals surface area contributed by atoms with Crippen LogP contribution in [0, 0.1) is 0 Å². The van der Waals surface area contributed by atoms with E-state index in [-0.39, 0.29) is 11.8 Å². The first-order valence-corrected chi connectivity index (χ1v) is 9.34. The van der Waals surface area contributed by atoms with E-state index in [4.69, 9.17) is 0 Å². The SMILES string of the molecule is CN1C(=O)[C@@H](NC(=O)c2cn(Cc3ccccc3)cn2)CCc2ccccc21. The average Bonchev–Trinajstić information content (AvgIpc) is 3.15. The van der Waals surface area contributed by atoms with Crippen molar-refractivity contribution < 1.29 is 9.59 Å². The summed E-state index contributed by atoms with van der Waals surface area (Å²) in [5, 5.41) is 2.86. The van der Waals surface area contributed by atoms with E-state index in [9.17, 15) is 9.59 Å². The number of carbonyl (C=O) groups excluding carboxylic acids is 2. The van der Waals surface area contributed by atoms with Gasteiger partial charge < -0.3 is 14.8 Å². The molecule has 4 rings (SSSR count). The molecule has 0 unspecified atom stereocenters. The monoisotopic (exact) mass is 374 g/mol. The zero-order valence-corrected chi connectivity index (χ0v) is 15.7. The molecule has 1 atom stereocenters. The highest BCUT2D eigenvalue weighted by Gasteiger charge is 2.29. The van der Waals surface area contributed by atoms with Crippen LogP contribution in [0.1, 0.15) is 28.0 Å². The molecule has 142 valence electrons. The molecular formula is C22H22N4O2. The molecule has 0 bridgehead atoms. The van der Waals surface area contributed by atoms with E-state index >= 15 is 0 Å². The van der Waals surface area contributed by atoms with Crippen LogP contribution in [0.15, 0.2) is 67.1 Å². The van der Waals surface area contributed by atoms with Gasteiger partial charge in [-0.2, -0.15) is 0 Å². The Labute approximate surface area is 163 Å². The lowest BCUT2D eigenvalue weighted by atomic mass is 10.1. The van der Waals surface area contributed by atoms with E-state index in [0.717, 1.165) is 23.2 Å². The highest BCUT2D eigenvalue weighted by molar-refractivity contribution is 6.02. The molecule has 0 aliphatic carbocycles. The summed E-state index contributed by atoms with van der Waals surface area (Å²) >= 11 is 0. The van der Waals surface area contributed by atoms with E-state index in [2.05, 4.69) is 10.3 Å². The Morgan fingerprint density at radius 3 is 2.71 bits per heavy atom. The second-order valence-corrected chi connectivity index (χ2v) is 7.01. The lowest BCUT2D eigenvalue weighted by Crippen LogP contribution is -2.46. The first kappa shape index (κ1) is 18.0. The van der Waals surface area contributed by atoms with Crippen molar-refractivity contribution in [3.8, 4) is 0 Å². The smallest absolute Gasteiger partial charge is 0.272 e. The molecule has 1 N–H and O–H groups in total. The molecule has 0 radical (unpaired) electrons. The first-order chi connectivity index (χ1) is 13.6. The van der Waals surface area contributed by atoms with Crippen LogP contribution >= 0.6 is 0 Å². The summed E-state index contributed by atoms with van der Waals surface area (Å²) in [6, 6.07) is 17.2. The Kier molecular flexibility index (Phi) is 4.93. The number of rotatable bonds is 4. The van der Waals surface area contributed by atoms with Crippen molar-refractivity contribution in [2.45, 2.75) is 25.4 Å². The van der Waals surface area contributed by atoms with Gasteiger partial charge in [0.2, 0.25) is 5.91 Å². The van der Waals surface area contributed by atoms with Crippen LogP contribution in [-0.2, 0) is 17.8 Å². The minimum Gasteiger partial charge on any atom is -0.339 e. The Morgan fingerprint density at radius 1 is 1.14 bits per heavy atom. The van der Waals surface area contributed by atoms with Gasteiger partial charge in [-0.3, -0.25) is 9.59 Å². The van der Waals surface area contributed by atoms with Crippen LogP contribution in [-0.4, -0.2) is 34.5 Å². The van der Waals surface area contributed by atoms with Gasteiger partial charge in [-0.25, -0.2) is 4.98 Å². The third-order valence-electron chi connectivity index (χ3n) is 5.06. The quantitative estimate of drug-likeness (QED) is 0.763. The number of aromatic nitrogens is 2. The maximum Gasteiger partial charge on any atom is 0.272 e. The van der Waals surface area contributed by atoms with Crippen molar-refractivity contribution >= 4 is 17.5 Å². The fraction of sp³-hybridized carbons (Fsp3) is 0.227. The van der Waals surface area contributed by atoms with Crippen molar-refractivity contribution in [1.29, 1.82) is 0 Å². The van der Waals surface area contributed by atoms with Crippen molar-refractivity contribution in [3.63, 3.8) is 0 Å². The first-order valence-electron chi connectivity index (χ1n) is 9.34. The van der Waals surface area contributed by atoms with Crippen LogP contribution in [0.3, 0.4) is 0 Å². The number of likely N-dealkylation sites (N-methyl/N-ethyl adjacent to an activating group) is 1. The molecule has 3 aromatic rings. The molecule has 1 aromatic heterocycles. The van der Waals surface area contributed by atoms with Gasteiger partial charge in [-0.15, -0.1) is 0 Å². The lowest BCUT2D eigenvalue weighted by Gasteiger charge is -2.21. The minimum absolute atomic E-state index is 0.109. The molecule has 0 saturated carbocycles. The van der Waals surface area contributed by atoms with E-state index in [0.29, 0.717) is 18.7 Å². The Balaban J connectivity index is 1.45. The highest BCUT2D eigenvalue weighted by Crippen LogP contribution is 2.25. The van der Waals surface area contributed by atoms with Crippen LogP contribution in [0.25, 0.3) is 0 Å². The van der Waals surface area contributed by atoms with Crippen molar-refractivity contribution in [3.05, 3.63) is 83.9 Å². The second kappa shape index (κ2) is 7.68. The van der Waals surface area contributed by atoms with Gasteiger partial charge in [0.05, 0.1) is 6.33 Å². The molecule has 2 amide bonds. The van der Waals surface area contributed by atoms with Crippen molar-refractivity contribution in [2.75, 3.05) is 11.9 Å². The predicted molar refractivity (Wildman–Crippen MR) is 107 cm³/mol. The number of anilines is 1. The maximum atomic E-state index is 12.8. The van der Waals surface area contributed by atoms with Crippen LogP contribution in [0.4, 0.5) is 5.69 Å².